The van der Waals surface area contributed by atoms with Crippen LogP contribution in [-0.4, -0.2) is 73.7 Å². The minimum atomic E-state index is -0.250. The molecule has 0 spiro atoms. The van der Waals surface area contributed by atoms with Crippen LogP contribution in [0.15, 0.2) is 18.2 Å². The van der Waals surface area contributed by atoms with Crippen molar-refractivity contribution in [3.8, 4) is 0 Å². The number of likely N-dealkylation sites (tertiary alicyclic amines) is 1. The lowest BCUT2D eigenvalue weighted by Crippen LogP contribution is -2.47. The number of amides is 1. The number of halogens is 2. The van der Waals surface area contributed by atoms with Crippen molar-refractivity contribution in [2.24, 2.45) is 11.8 Å². The van der Waals surface area contributed by atoms with E-state index in [4.69, 9.17) is 37.8 Å². The van der Waals surface area contributed by atoms with E-state index in [1.165, 1.54) is 0 Å². The average Bonchev–Trinajstić information content (AvgIpc) is 3.04. The van der Waals surface area contributed by atoms with Crippen molar-refractivity contribution in [1.82, 2.24) is 9.80 Å². The predicted molar refractivity (Wildman–Crippen MR) is 106 cm³/mol. The standard InChI is InChI=1S/C18H24Cl2N2O2.CH2O2/c1-21(2)15-7-11-9-22(10-12(11)8-16(15)24-3)18(23)17-13(19)5-4-6-14(17)20;2-1-3/h4-6,11-12,15-16H,7-10H2,1-3H3;1H,(H,2,3)/t11-,12+,15-,16-;/m1./s1. The zero-order chi connectivity index (χ0) is 20.1. The van der Waals surface area contributed by atoms with Gasteiger partial charge >= 0.3 is 0 Å². The van der Waals surface area contributed by atoms with E-state index in [-0.39, 0.29) is 18.5 Å². The third kappa shape index (κ3) is 4.93. The minimum Gasteiger partial charge on any atom is -0.483 e. The summed E-state index contributed by atoms with van der Waals surface area (Å²) in [6.07, 6.45) is 2.26. The van der Waals surface area contributed by atoms with Crippen LogP contribution in [0, 0.1) is 11.8 Å². The predicted octanol–water partition coefficient (Wildman–Crippen LogP) is 3.12. The summed E-state index contributed by atoms with van der Waals surface area (Å²) < 4.78 is 5.70. The molecule has 1 saturated carbocycles. The first-order chi connectivity index (χ1) is 12.8. The van der Waals surface area contributed by atoms with E-state index < -0.39 is 0 Å². The molecule has 0 bridgehead atoms. The summed E-state index contributed by atoms with van der Waals surface area (Å²) >= 11 is 12.4. The number of carboxylic acid groups (broad SMARTS) is 1. The fourth-order valence-corrected chi connectivity index (χ4v) is 4.77. The fourth-order valence-electron chi connectivity index (χ4n) is 4.21. The molecule has 1 aromatic rings. The molecule has 2 aliphatic rings. The van der Waals surface area contributed by atoms with Gasteiger partial charge in [-0.3, -0.25) is 9.59 Å². The Morgan fingerprint density at radius 1 is 1.22 bits per heavy atom. The number of hydrogen-bond acceptors (Lipinski definition) is 4. The highest BCUT2D eigenvalue weighted by Gasteiger charge is 2.44. The van der Waals surface area contributed by atoms with Gasteiger partial charge in [-0.1, -0.05) is 29.3 Å². The van der Waals surface area contributed by atoms with Gasteiger partial charge in [0, 0.05) is 26.2 Å². The summed E-state index contributed by atoms with van der Waals surface area (Å²) in [5.74, 6) is 0.931. The Balaban J connectivity index is 0.000000817. The maximum absolute atomic E-state index is 12.9. The lowest BCUT2D eigenvalue weighted by molar-refractivity contribution is -0.122. The molecule has 150 valence electrons. The third-order valence-corrected chi connectivity index (χ3v) is 6.14. The summed E-state index contributed by atoms with van der Waals surface area (Å²) in [7, 11) is 5.97. The molecule has 0 unspecified atom stereocenters. The van der Waals surface area contributed by atoms with Crippen molar-refractivity contribution < 1.29 is 19.4 Å². The number of methoxy groups -OCH3 is 1. The molecule has 1 saturated heterocycles. The van der Waals surface area contributed by atoms with Gasteiger partial charge in [-0.05, 0) is 50.9 Å². The molecule has 1 aromatic carbocycles. The summed E-state index contributed by atoms with van der Waals surface area (Å²) in [5, 5.41) is 7.73. The highest BCUT2D eigenvalue weighted by Crippen LogP contribution is 2.40. The SMILES string of the molecule is CO[C@@H]1C[C@H]2CN(C(=O)c3c(Cl)cccc3Cl)C[C@H]2C[C@H]1N(C)C.O=CO. The molecule has 0 radical (unpaired) electrons. The van der Waals surface area contributed by atoms with Crippen LogP contribution in [0.25, 0.3) is 0 Å². The van der Waals surface area contributed by atoms with E-state index in [1.54, 1.807) is 25.3 Å². The number of rotatable bonds is 3. The van der Waals surface area contributed by atoms with Crippen LogP contribution < -0.4 is 0 Å². The number of hydrogen-bond donors (Lipinski definition) is 1. The van der Waals surface area contributed by atoms with Gasteiger partial charge in [0.1, 0.15) is 0 Å². The van der Waals surface area contributed by atoms with Crippen molar-refractivity contribution in [2.45, 2.75) is 25.0 Å². The molecule has 3 rings (SSSR count). The molecule has 1 heterocycles. The molecule has 1 amide bonds. The minimum absolute atomic E-state index is 0.0598. The first-order valence-corrected chi connectivity index (χ1v) is 9.59. The van der Waals surface area contributed by atoms with E-state index >= 15 is 0 Å². The Hall–Kier alpha value is -1.34. The maximum Gasteiger partial charge on any atom is 0.290 e. The Bertz CT molecular complexity index is 651. The van der Waals surface area contributed by atoms with Crippen molar-refractivity contribution in [3.63, 3.8) is 0 Å². The second kappa shape index (κ2) is 9.73. The number of carbonyl (C=O) groups is 2. The second-order valence-corrected chi connectivity index (χ2v) is 8.02. The summed E-state index contributed by atoms with van der Waals surface area (Å²) in [4.78, 5) is 25.4. The van der Waals surface area contributed by atoms with E-state index in [0.717, 1.165) is 25.9 Å². The molecule has 1 N–H and O–H groups in total. The lowest BCUT2D eigenvalue weighted by atomic mass is 9.77. The molecule has 4 atom stereocenters. The number of fused-ring (bicyclic) bond motifs is 1. The van der Waals surface area contributed by atoms with Gasteiger partial charge in [-0.2, -0.15) is 0 Å². The molecule has 27 heavy (non-hydrogen) atoms. The van der Waals surface area contributed by atoms with Gasteiger partial charge in [0.2, 0.25) is 0 Å². The second-order valence-electron chi connectivity index (χ2n) is 7.21. The summed E-state index contributed by atoms with van der Waals surface area (Å²) in [6.45, 7) is 1.27. The lowest BCUT2D eigenvalue weighted by Gasteiger charge is -2.40. The number of ether oxygens (including phenoxy) is 1. The zero-order valence-corrected chi connectivity index (χ0v) is 17.3. The Morgan fingerprint density at radius 2 is 1.74 bits per heavy atom. The average molecular weight is 417 g/mol. The fraction of sp³-hybridized carbons (Fsp3) is 0.579. The molecular formula is C19H26Cl2N2O4. The van der Waals surface area contributed by atoms with Crippen LogP contribution in [0.3, 0.4) is 0 Å². The Labute approximate surface area is 170 Å². The molecule has 1 aliphatic heterocycles. The summed E-state index contributed by atoms with van der Waals surface area (Å²) in [5.41, 5.74) is 0.423. The quantitative estimate of drug-likeness (QED) is 0.766. The normalized spacial score (nSPS) is 27.0. The summed E-state index contributed by atoms with van der Waals surface area (Å²) in [6, 6.07) is 5.59. The molecular weight excluding hydrogens is 391 g/mol. The van der Waals surface area contributed by atoms with E-state index in [2.05, 4.69) is 19.0 Å². The monoisotopic (exact) mass is 416 g/mol. The number of nitrogens with zero attached hydrogens (tertiary/aromatic N) is 2. The topological polar surface area (TPSA) is 70.1 Å². The molecule has 1 aliphatic carbocycles. The first kappa shape index (κ1) is 22.0. The number of likely N-dealkylation sites (N-methyl/N-ethyl adjacent to an activating group) is 1. The van der Waals surface area contributed by atoms with Crippen LogP contribution >= 0.6 is 23.2 Å². The van der Waals surface area contributed by atoms with Crippen LogP contribution in [-0.2, 0) is 9.53 Å². The Morgan fingerprint density at radius 3 is 2.22 bits per heavy atom. The Kier molecular flexibility index (Phi) is 7.91. The van der Waals surface area contributed by atoms with Gasteiger partial charge < -0.3 is 19.6 Å². The highest BCUT2D eigenvalue weighted by atomic mass is 35.5. The van der Waals surface area contributed by atoms with Crippen molar-refractivity contribution in [2.75, 3.05) is 34.3 Å². The smallest absolute Gasteiger partial charge is 0.290 e. The number of carbonyl (C=O) groups excluding carboxylic acids is 1. The van der Waals surface area contributed by atoms with Crippen molar-refractivity contribution >= 4 is 35.6 Å². The van der Waals surface area contributed by atoms with Gasteiger partial charge in [0.05, 0.1) is 21.7 Å². The largest absolute Gasteiger partial charge is 0.483 e. The van der Waals surface area contributed by atoms with Crippen LogP contribution in [0.4, 0.5) is 0 Å². The van der Waals surface area contributed by atoms with Crippen LogP contribution in [0.1, 0.15) is 23.2 Å². The first-order valence-electron chi connectivity index (χ1n) is 8.84. The van der Waals surface area contributed by atoms with Crippen molar-refractivity contribution in [1.29, 1.82) is 0 Å². The van der Waals surface area contributed by atoms with Gasteiger partial charge in [-0.15, -0.1) is 0 Å². The molecule has 6 nitrogen and oxygen atoms in total. The van der Waals surface area contributed by atoms with E-state index in [1.807, 2.05) is 4.90 Å². The number of benzene rings is 1. The van der Waals surface area contributed by atoms with E-state index in [9.17, 15) is 4.79 Å². The van der Waals surface area contributed by atoms with Crippen LogP contribution in [0.2, 0.25) is 10.0 Å². The van der Waals surface area contributed by atoms with Gasteiger partial charge in [-0.25, -0.2) is 0 Å². The maximum atomic E-state index is 12.9. The molecule has 0 aromatic heterocycles. The zero-order valence-electron chi connectivity index (χ0n) is 15.8. The van der Waals surface area contributed by atoms with E-state index in [0.29, 0.717) is 33.5 Å². The van der Waals surface area contributed by atoms with Gasteiger partial charge in [0.15, 0.2) is 0 Å². The van der Waals surface area contributed by atoms with Crippen molar-refractivity contribution in [3.05, 3.63) is 33.8 Å². The third-order valence-electron chi connectivity index (χ3n) is 5.51. The van der Waals surface area contributed by atoms with Crippen LogP contribution in [0.5, 0.6) is 0 Å². The van der Waals surface area contributed by atoms with Gasteiger partial charge in [0.25, 0.3) is 12.4 Å². The molecule has 8 heteroatoms. The highest BCUT2D eigenvalue weighted by molar-refractivity contribution is 6.39. The molecule has 2 fully saturated rings.